The van der Waals surface area contributed by atoms with Gasteiger partial charge in [-0.15, -0.1) is 0 Å². The molecule has 0 bridgehead atoms. The normalized spacial score (nSPS) is 34.5. The van der Waals surface area contributed by atoms with Gasteiger partial charge in [0.2, 0.25) is 0 Å². The average molecular weight is 222 g/mol. The summed E-state index contributed by atoms with van der Waals surface area (Å²) in [5, 5.41) is 10.8. The van der Waals surface area contributed by atoms with E-state index in [2.05, 4.69) is 19.9 Å². The summed E-state index contributed by atoms with van der Waals surface area (Å²) in [5.41, 5.74) is 1.77. The number of ether oxygens (including phenoxy) is 1. The van der Waals surface area contributed by atoms with Crippen LogP contribution in [0.4, 0.5) is 0 Å². The molecule has 16 heavy (non-hydrogen) atoms. The van der Waals surface area contributed by atoms with E-state index in [1.165, 1.54) is 17.6 Å². The summed E-state index contributed by atoms with van der Waals surface area (Å²) in [6.45, 7) is 6.93. The highest BCUT2D eigenvalue weighted by atomic mass is 16.5. The summed E-state index contributed by atoms with van der Waals surface area (Å²) in [6.07, 6.45) is 6.22. The fourth-order valence-electron chi connectivity index (χ4n) is 2.92. The number of rotatable bonds is 2. The van der Waals surface area contributed by atoms with Gasteiger partial charge in [0.05, 0.1) is 6.61 Å². The monoisotopic (exact) mass is 222 g/mol. The minimum Gasteiger partial charge on any atom is -0.495 e. The SMILES string of the molecule is CCOC1=CC(C)C(C)=C2CCCCC12O. The second kappa shape index (κ2) is 4.25. The van der Waals surface area contributed by atoms with Gasteiger partial charge in [-0.3, -0.25) is 0 Å². The molecule has 2 nitrogen and oxygen atoms in total. The lowest BCUT2D eigenvalue weighted by Crippen LogP contribution is -2.41. The first-order chi connectivity index (χ1) is 7.59. The summed E-state index contributed by atoms with van der Waals surface area (Å²) in [4.78, 5) is 0. The Hall–Kier alpha value is -0.760. The summed E-state index contributed by atoms with van der Waals surface area (Å²) in [7, 11) is 0. The van der Waals surface area contributed by atoms with Gasteiger partial charge in [0.25, 0.3) is 0 Å². The molecule has 2 rings (SSSR count). The first kappa shape index (κ1) is 11.7. The predicted molar refractivity (Wildman–Crippen MR) is 65.0 cm³/mol. The van der Waals surface area contributed by atoms with Crippen molar-refractivity contribution in [2.24, 2.45) is 5.92 Å². The van der Waals surface area contributed by atoms with Gasteiger partial charge < -0.3 is 9.84 Å². The Kier molecular flexibility index (Phi) is 3.11. The largest absolute Gasteiger partial charge is 0.495 e. The lowest BCUT2D eigenvalue weighted by atomic mass is 9.71. The molecule has 90 valence electrons. The van der Waals surface area contributed by atoms with Crippen LogP contribution in [-0.2, 0) is 4.74 Å². The van der Waals surface area contributed by atoms with Crippen molar-refractivity contribution in [1.82, 2.24) is 0 Å². The van der Waals surface area contributed by atoms with E-state index in [9.17, 15) is 5.11 Å². The van der Waals surface area contributed by atoms with Crippen molar-refractivity contribution < 1.29 is 9.84 Å². The lowest BCUT2D eigenvalue weighted by Gasteiger charge is -2.41. The maximum atomic E-state index is 10.8. The van der Waals surface area contributed by atoms with Gasteiger partial charge in [0, 0.05) is 0 Å². The Morgan fingerprint density at radius 2 is 2.25 bits per heavy atom. The van der Waals surface area contributed by atoms with Crippen LogP contribution in [0, 0.1) is 5.92 Å². The van der Waals surface area contributed by atoms with E-state index >= 15 is 0 Å². The van der Waals surface area contributed by atoms with Crippen molar-refractivity contribution in [3.05, 3.63) is 23.0 Å². The van der Waals surface area contributed by atoms with Gasteiger partial charge in [0.1, 0.15) is 11.4 Å². The third-order valence-electron chi connectivity index (χ3n) is 3.98. The van der Waals surface area contributed by atoms with Crippen LogP contribution in [-0.4, -0.2) is 17.3 Å². The second-order valence-electron chi connectivity index (χ2n) is 4.98. The average Bonchev–Trinajstić information content (AvgIpc) is 2.26. The topological polar surface area (TPSA) is 29.5 Å². The van der Waals surface area contributed by atoms with Gasteiger partial charge in [0.15, 0.2) is 0 Å². The Balaban J connectivity index is 2.39. The van der Waals surface area contributed by atoms with Crippen LogP contribution in [0.3, 0.4) is 0 Å². The van der Waals surface area contributed by atoms with Crippen LogP contribution in [0.5, 0.6) is 0 Å². The number of aliphatic hydroxyl groups is 1. The second-order valence-corrected chi connectivity index (χ2v) is 4.98. The molecule has 0 saturated heterocycles. The summed E-state index contributed by atoms with van der Waals surface area (Å²) in [6, 6.07) is 0. The molecular formula is C14H22O2. The van der Waals surface area contributed by atoms with E-state index in [-0.39, 0.29) is 0 Å². The van der Waals surface area contributed by atoms with Crippen LogP contribution in [0.25, 0.3) is 0 Å². The van der Waals surface area contributed by atoms with Crippen molar-refractivity contribution >= 4 is 0 Å². The summed E-state index contributed by atoms with van der Waals surface area (Å²) >= 11 is 0. The number of hydrogen-bond donors (Lipinski definition) is 1. The van der Waals surface area contributed by atoms with E-state index in [1.54, 1.807) is 0 Å². The van der Waals surface area contributed by atoms with Crippen molar-refractivity contribution in [2.75, 3.05) is 6.61 Å². The van der Waals surface area contributed by atoms with E-state index in [0.29, 0.717) is 12.5 Å². The fourth-order valence-corrected chi connectivity index (χ4v) is 2.92. The molecule has 0 aromatic heterocycles. The zero-order chi connectivity index (χ0) is 11.8. The maximum absolute atomic E-state index is 10.8. The van der Waals surface area contributed by atoms with E-state index < -0.39 is 5.60 Å². The van der Waals surface area contributed by atoms with Crippen LogP contribution >= 0.6 is 0 Å². The smallest absolute Gasteiger partial charge is 0.142 e. The van der Waals surface area contributed by atoms with Crippen LogP contribution in [0.2, 0.25) is 0 Å². The molecule has 2 aliphatic carbocycles. The minimum absolute atomic E-state index is 0.398. The molecule has 2 unspecified atom stereocenters. The van der Waals surface area contributed by atoms with Gasteiger partial charge in [-0.2, -0.15) is 0 Å². The fraction of sp³-hybridized carbons (Fsp3) is 0.714. The molecule has 2 atom stereocenters. The summed E-state index contributed by atoms with van der Waals surface area (Å²) < 4.78 is 5.65. The molecule has 2 heteroatoms. The van der Waals surface area contributed by atoms with Crippen LogP contribution in [0.15, 0.2) is 23.0 Å². The highest BCUT2D eigenvalue weighted by molar-refractivity contribution is 5.40. The molecule has 0 heterocycles. The predicted octanol–water partition coefficient (Wildman–Crippen LogP) is 3.18. The standard InChI is InChI=1S/C14H22O2/c1-4-16-13-9-10(2)11(3)12-7-5-6-8-14(12,13)15/h9-10,15H,4-8H2,1-3H3. The number of fused-ring (bicyclic) bond motifs is 1. The molecular weight excluding hydrogens is 200 g/mol. The van der Waals surface area contributed by atoms with Gasteiger partial charge in [-0.25, -0.2) is 0 Å². The van der Waals surface area contributed by atoms with Crippen LogP contribution in [0.1, 0.15) is 46.5 Å². The Morgan fingerprint density at radius 3 is 2.94 bits per heavy atom. The Morgan fingerprint density at radius 1 is 1.50 bits per heavy atom. The molecule has 0 aliphatic heterocycles. The molecule has 1 saturated carbocycles. The zero-order valence-corrected chi connectivity index (χ0v) is 10.5. The van der Waals surface area contributed by atoms with Gasteiger partial charge in [-0.1, -0.05) is 12.5 Å². The molecule has 0 aromatic rings. The lowest BCUT2D eigenvalue weighted by molar-refractivity contribution is 0.0170. The number of allylic oxidation sites excluding steroid dienone is 2. The molecule has 0 amide bonds. The zero-order valence-electron chi connectivity index (χ0n) is 10.5. The Bertz CT molecular complexity index is 341. The third kappa shape index (κ3) is 1.69. The minimum atomic E-state index is -0.787. The summed E-state index contributed by atoms with van der Waals surface area (Å²) in [5.74, 6) is 1.19. The van der Waals surface area contributed by atoms with E-state index in [0.717, 1.165) is 25.0 Å². The maximum Gasteiger partial charge on any atom is 0.142 e. The van der Waals surface area contributed by atoms with Gasteiger partial charge in [-0.05, 0) is 57.1 Å². The van der Waals surface area contributed by atoms with E-state index in [1.807, 2.05) is 6.92 Å². The highest BCUT2D eigenvalue weighted by Crippen LogP contribution is 2.45. The number of hydrogen-bond acceptors (Lipinski definition) is 2. The first-order valence-corrected chi connectivity index (χ1v) is 6.37. The molecule has 1 N–H and O–H groups in total. The van der Waals surface area contributed by atoms with Gasteiger partial charge >= 0.3 is 0 Å². The van der Waals surface area contributed by atoms with Crippen molar-refractivity contribution in [2.45, 2.75) is 52.1 Å². The van der Waals surface area contributed by atoms with Crippen molar-refractivity contribution in [1.29, 1.82) is 0 Å². The highest BCUT2D eigenvalue weighted by Gasteiger charge is 2.43. The molecule has 0 spiro atoms. The van der Waals surface area contributed by atoms with Crippen molar-refractivity contribution in [3.8, 4) is 0 Å². The molecule has 2 aliphatic rings. The molecule has 0 aromatic carbocycles. The van der Waals surface area contributed by atoms with E-state index in [4.69, 9.17) is 4.74 Å². The third-order valence-corrected chi connectivity index (χ3v) is 3.98. The molecule has 0 radical (unpaired) electrons. The van der Waals surface area contributed by atoms with Crippen molar-refractivity contribution in [3.63, 3.8) is 0 Å². The van der Waals surface area contributed by atoms with Crippen LogP contribution < -0.4 is 0 Å². The quantitative estimate of drug-likeness (QED) is 0.727. The molecule has 1 fully saturated rings. The first-order valence-electron chi connectivity index (χ1n) is 6.37. The Labute approximate surface area is 98.0 Å².